The number of carbonyl (C=O) groups is 1. The summed E-state index contributed by atoms with van der Waals surface area (Å²) in [7, 11) is 1.61. The Balaban J connectivity index is 1.55. The van der Waals surface area contributed by atoms with Crippen LogP contribution in [0, 0.1) is 0 Å². The second-order valence-electron chi connectivity index (χ2n) is 5.05. The summed E-state index contributed by atoms with van der Waals surface area (Å²) in [5.74, 6) is 1.58. The van der Waals surface area contributed by atoms with Gasteiger partial charge in [-0.2, -0.15) is 0 Å². The Morgan fingerprint density at radius 3 is 2.82 bits per heavy atom. The summed E-state index contributed by atoms with van der Waals surface area (Å²) in [6, 6.07) is 7.25. The van der Waals surface area contributed by atoms with Crippen molar-refractivity contribution in [3.8, 4) is 5.75 Å². The van der Waals surface area contributed by atoms with E-state index >= 15 is 0 Å². The number of H-pyrrole nitrogens is 1. The quantitative estimate of drug-likeness (QED) is 0.906. The van der Waals surface area contributed by atoms with E-state index in [0.717, 1.165) is 30.5 Å². The molecule has 2 amide bonds. The normalized spacial score (nSPS) is 14.8. The maximum absolute atomic E-state index is 12.3. The number of nitrogens with one attached hydrogen (secondary N) is 2. The van der Waals surface area contributed by atoms with Crippen molar-refractivity contribution in [3.63, 3.8) is 0 Å². The third-order valence-corrected chi connectivity index (χ3v) is 3.67. The van der Waals surface area contributed by atoms with Gasteiger partial charge in [-0.1, -0.05) is 6.07 Å². The van der Waals surface area contributed by atoms with Gasteiger partial charge in [0.15, 0.2) is 0 Å². The molecule has 1 saturated heterocycles. The predicted octanol–water partition coefficient (Wildman–Crippen LogP) is 1.77. The van der Waals surface area contributed by atoms with Crippen LogP contribution in [0.4, 0.5) is 16.4 Å². The van der Waals surface area contributed by atoms with Crippen molar-refractivity contribution in [2.45, 2.75) is 0 Å². The molecule has 7 heteroatoms. The second-order valence-corrected chi connectivity index (χ2v) is 5.05. The summed E-state index contributed by atoms with van der Waals surface area (Å²) in [5.41, 5.74) is 0.734. The van der Waals surface area contributed by atoms with Gasteiger partial charge >= 0.3 is 6.03 Å². The first-order valence-corrected chi connectivity index (χ1v) is 7.20. The molecule has 2 aromatic rings. The summed E-state index contributed by atoms with van der Waals surface area (Å²) in [4.78, 5) is 23.6. The van der Waals surface area contributed by atoms with Crippen LogP contribution in [0.25, 0.3) is 0 Å². The van der Waals surface area contributed by atoms with Crippen molar-refractivity contribution in [2.75, 3.05) is 43.5 Å². The first-order valence-electron chi connectivity index (χ1n) is 7.20. The van der Waals surface area contributed by atoms with Crippen LogP contribution in [0.3, 0.4) is 0 Å². The average Bonchev–Trinajstić information content (AvgIpc) is 3.09. The molecule has 0 atom stereocenters. The van der Waals surface area contributed by atoms with Crippen LogP contribution in [0.5, 0.6) is 5.75 Å². The molecule has 1 aromatic carbocycles. The Morgan fingerprint density at radius 1 is 1.32 bits per heavy atom. The number of piperazine rings is 1. The zero-order valence-corrected chi connectivity index (χ0v) is 12.5. The van der Waals surface area contributed by atoms with Crippen molar-refractivity contribution in [3.05, 3.63) is 36.7 Å². The van der Waals surface area contributed by atoms with Gasteiger partial charge < -0.3 is 24.8 Å². The zero-order chi connectivity index (χ0) is 15.4. The number of aromatic amines is 1. The molecule has 1 aromatic heterocycles. The number of anilines is 2. The number of benzene rings is 1. The highest BCUT2D eigenvalue weighted by atomic mass is 16.5. The van der Waals surface area contributed by atoms with Crippen LogP contribution in [0.2, 0.25) is 0 Å². The van der Waals surface area contributed by atoms with Gasteiger partial charge in [-0.25, -0.2) is 9.78 Å². The smallest absolute Gasteiger partial charge is 0.321 e. The number of methoxy groups -OCH3 is 1. The number of urea groups is 1. The van der Waals surface area contributed by atoms with Crippen LogP contribution >= 0.6 is 0 Å². The number of ether oxygens (including phenoxy) is 1. The molecule has 116 valence electrons. The van der Waals surface area contributed by atoms with Gasteiger partial charge in [-0.05, 0) is 12.1 Å². The van der Waals surface area contributed by atoms with Crippen LogP contribution in [-0.2, 0) is 0 Å². The zero-order valence-electron chi connectivity index (χ0n) is 12.5. The monoisotopic (exact) mass is 301 g/mol. The lowest BCUT2D eigenvalue weighted by molar-refractivity contribution is 0.208. The number of rotatable bonds is 3. The standard InChI is InChI=1S/C15H19N5O2/c1-22-13-4-2-3-12(11-13)18-15(21)20-9-7-19(8-10-20)14-16-5-6-17-14/h2-6,11H,7-10H2,1H3,(H,16,17)(H,18,21). The van der Waals surface area contributed by atoms with E-state index in [1.807, 2.05) is 18.2 Å². The van der Waals surface area contributed by atoms with E-state index in [2.05, 4.69) is 20.2 Å². The van der Waals surface area contributed by atoms with E-state index < -0.39 is 0 Å². The minimum Gasteiger partial charge on any atom is -0.497 e. The van der Waals surface area contributed by atoms with Gasteiger partial charge in [0.2, 0.25) is 5.95 Å². The highest BCUT2D eigenvalue weighted by Crippen LogP contribution is 2.17. The molecule has 0 saturated carbocycles. The molecule has 0 spiro atoms. The highest BCUT2D eigenvalue weighted by molar-refractivity contribution is 5.89. The fourth-order valence-corrected chi connectivity index (χ4v) is 2.45. The summed E-state index contributed by atoms with van der Waals surface area (Å²) in [5, 5.41) is 2.90. The van der Waals surface area contributed by atoms with Crippen LogP contribution in [-0.4, -0.2) is 54.2 Å². The fraction of sp³-hybridized carbons (Fsp3) is 0.333. The first kappa shape index (κ1) is 14.2. The highest BCUT2D eigenvalue weighted by Gasteiger charge is 2.22. The average molecular weight is 301 g/mol. The maximum atomic E-state index is 12.3. The van der Waals surface area contributed by atoms with Gasteiger partial charge in [-0.3, -0.25) is 0 Å². The fourth-order valence-electron chi connectivity index (χ4n) is 2.45. The molecule has 22 heavy (non-hydrogen) atoms. The Morgan fingerprint density at radius 2 is 2.14 bits per heavy atom. The van der Waals surface area contributed by atoms with Crippen molar-refractivity contribution < 1.29 is 9.53 Å². The number of aromatic nitrogens is 2. The number of hydrogen-bond donors (Lipinski definition) is 2. The third kappa shape index (κ3) is 3.13. The van der Waals surface area contributed by atoms with E-state index in [9.17, 15) is 4.79 Å². The molecule has 1 fully saturated rings. The van der Waals surface area contributed by atoms with Crippen molar-refractivity contribution in [2.24, 2.45) is 0 Å². The molecule has 0 radical (unpaired) electrons. The van der Waals surface area contributed by atoms with Gasteiger partial charge in [0.1, 0.15) is 5.75 Å². The Bertz CT molecular complexity index is 621. The predicted molar refractivity (Wildman–Crippen MR) is 84.4 cm³/mol. The lowest BCUT2D eigenvalue weighted by Crippen LogP contribution is -2.50. The van der Waals surface area contributed by atoms with E-state index in [1.54, 1.807) is 30.5 Å². The van der Waals surface area contributed by atoms with E-state index in [0.29, 0.717) is 13.1 Å². The number of imidazole rings is 1. The topological polar surface area (TPSA) is 73.5 Å². The Labute approximate surface area is 128 Å². The lowest BCUT2D eigenvalue weighted by Gasteiger charge is -2.34. The molecule has 3 rings (SSSR count). The second kappa shape index (κ2) is 6.38. The number of amides is 2. The Hall–Kier alpha value is -2.70. The third-order valence-electron chi connectivity index (χ3n) is 3.67. The maximum Gasteiger partial charge on any atom is 0.321 e. The summed E-state index contributed by atoms with van der Waals surface area (Å²) >= 11 is 0. The molecule has 2 heterocycles. The van der Waals surface area contributed by atoms with Crippen LogP contribution < -0.4 is 15.0 Å². The molecule has 1 aliphatic heterocycles. The number of hydrogen-bond acceptors (Lipinski definition) is 4. The molecule has 0 bridgehead atoms. The SMILES string of the molecule is COc1cccc(NC(=O)N2CCN(c3ncc[nH]3)CC2)c1. The molecular formula is C15H19N5O2. The van der Waals surface area contributed by atoms with Crippen LogP contribution in [0.1, 0.15) is 0 Å². The minimum absolute atomic E-state index is 0.0904. The van der Waals surface area contributed by atoms with Crippen LogP contribution in [0.15, 0.2) is 36.7 Å². The Kier molecular flexibility index (Phi) is 4.13. The van der Waals surface area contributed by atoms with Crippen molar-refractivity contribution >= 4 is 17.7 Å². The van der Waals surface area contributed by atoms with Gasteiger partial charge in [0, 0.05) is 50.3 Å². The molecular weight excluding hydrogens is 282 g/mol. The van der Waals surface area contributed by atoms with Gasteiger partial charge in [-0.15, -0.1) is 0 Å². The summed E-state index contributed by atoms with van der Waals surface area (Å²) < 4.78 is 5.16. The molecule has 0 unspecified atom stereocenters. The minimum atomic E-state index is -0.0904. The molecule has 2 N–H and O–H groups in total. The van der Waals surface area contributed by atoms with Gasteiger partial charge in [0.25, 0.3) is 0 Å². The van der Waals surface area contributed by atoms with Crippen molar-refractivity contribution in [1.29, 1.82) is 0 Å². The van der Waals surface area contributed by atoms with E-state index in [1.165, 1.54) is 0 Å². The number of carbonyl (C=O) groups excluding carboxylic acids is 1. The lowest BCUT2D eigenvalue weighted by atomic mass is 10.3. The van der Waals surface area contributed by atoms with Gasteiger partial charge in [0.05, 0.1) is 7.11 Å². The van der Waals surface area contributed by atoms with E-state index in [-0.39, 0.29) is 6.03 Å². The summed E-state index contributed by atoms with van der Waals surface area (Å²) in [6.45, 7) is 2.85. The molecule has 1 aliphatic rings. The molecule has 7 nitrogen and oxygen atoms in total. The number of nitrogens with zero attached hydrogens (tertiary/aromatic N) is 3. The largest absolute Gasteiger partial charge is 0.497 e. The van der Waals surface area contributed by atoms with Crippen molar-refractivity contribution in [1.82, 2.24) is 14.9 Å². The molecule has 0 aliphatic carbocycles. The first-order chi connectivity index (χ1) is 10.8. The van der Waals surface area contributed by atoms with E-state index in [4.69, 9.17) is 4.74 Å². The summed E-state index contributed by atoms with van der Waals surface area (Å²) in [6.07, 6.45) is 3.54.